The van der Waals surface area contributed by atoms with Crippen molar-refractivity contribution in [3.05, 3.63) is 0 Å². The monoisotopic (exact) mass is 243 g/mol. The van der Waals surface area contributed by atoms with Gasteiger partial charge >= 0.3 is 5.97 Å². The van der Waals surface area contributed by atoms with Crippen molar-refractivity contribution in [1.29, 1.82) is 0 Å². The smallest absolute Gasteiger partial charge is 0.326 e. The van der Waals surface area contributed by atoms with E-state index < -0.39 is 17.9 Å². The average Bonchev–Trinajstić information content (AvgIpc) is 2.76. The Bertz CT molecular complexity index is 313. The molecule has 5 N–H and O–H groups in total. The van der Waals surface area contributed by atoms with Gasteiger partial charge in [0.25, 0.3) is 0 Å². The Hall–Kier alpha value is -1.63. The molecule has 2 amide bonds. The summed E-state index contributed by atoms with van der Waals surface area (Å²) in [4.78, 5) is 33.1. The quantitative estimate of drug-likeness (QED) is 0.456. The van der Waals surface area contributed by atoms with Gasteiger partial charge in [-0.1, -0.05) is 0 Å². The summed E-state index contributed by atoms with van der Waals surface area (Å²) >= 11 is 0. The van der Waals surface area contributed by atoms with E-state index in [-0.39, 0.29) is 24.8 Å². The van der Waals surface area contributed by atoms with Crippen LogP contribution in [0, 0.1) is 0 Å². The fraction of sp³-hybridized carbons (Fsp3) is 0.700. The zero-order valence-electron chi connectivity index (χ0n) is 9.44. The predicted octanol–water partition coefficient (Wildman–Crippen LogP) is -1.43. The number of hydrogen-bond donors (Lipinski definition) is 4. The van der Waals surface area contributed by atoms with Crippen molar-refractivity contribution in [2.45, 2.75) is 37.8 Å². The Labute approximate surface area is 98.7 Å². The molecule has 7 heteroatoms. The van der Waals surface area contributed by atoms with Crippen LogP contribution in [-0.4, -0.2) is 41.5 Å². The second-order valence-corrected chi connectivity index (χ2v) is 4.05. The molecule has 0 aliphatic carbocycles. The van der Waals surface area contributed by atoms with Gasteiger partial charge in [0.2, 0.25) is 11.8 Å². The third kappa shape index (κ3) is 4.39. The summed E-state index contributed by atoms with van der Waals surface area (Å²) < 4.78 is 0. The first kappa shape index (κ1) is 13.4. The first-order chi connectivity index (χ1) is 8.00. The van der Waals surface area contributed by atoms with E-state index in [1.807, 2.05) is 0 Å². The highest BCUT2D eigenvalue weighted by molar-refractivity contribution is 5.87. The molecule has 0 saturated carbocycles. The molecule has 0 radical (unpaired) electrons. The van der Waals surface area contributed by atoms with Crippen LogP contribution in [0.2, 0.25) is 0 Å². The predicted molar refractivity (Wildman–Crippen MR) is 59.0 cm³/mol. The van der Waals surface area contributed by atoms with E-state index in [0.717, 1.165) is 13.0 Å². The molecule has 0 unspecified atom stereocenters. The fourth-order valence-electron chi connectivity index (χ4n) is 1.72. The summed E-state index contributed by atoms with van der Waals surface area (Å²) in [6.07, 6.45) is 1.56. The second-order valence-electron chi connectivity index (χ2n) is 4.05. The normalized spacial score (nSPS) is 20.8. The molecule has 1 fully saturated rings. The Morgan fingerprint density at radius 1 is 1.47 bits per heavy atom. The number of amides is 2. The van der Waals surface area contributed by atoms with Crippen LogP contribution in [0.3, 0.4) is 0 Å². The molecule has 96 valence electrons. The molecule has 0 aromatic heterocycles. The Morgan fingerprint density at radius 3 is 2.65 bits per heavy atom. The van der Waals surface area contributed by atoms with Crippen LogP contribution in [0.1, 0.15) is 25.7 Å². The third-order valence-electron chi connectivity index (χ3n) is 2.67. The first-order valence-electron chi connectivity index (χ1n) is 5.55. The second kappa shape index (κ2) is 6.19. The van der Waals surface area contributed by atoms with E-state index in [0.29, 0.717) is 6.42 Å². The van der Waals surface area contributed by atoms with E-state index in [9.17, 15) is 14.4 Å². The third-order valence-corrected chi connectivity index (χ3v) is 2.67. The Kier molecular flexibility index (Phi) is 4.89. The SMILES string of the molecule is NC(=O)CC[C@H](NC(=O)[C@@H]1CCCN1)C(=O)O. The standard InChI is InChI=1S/C10H17N3O4/c11-8(14)4-3-7(10(16)17)13-9(15)6-2-1-5-12-6/h6-7,12H,1-5H2,(H2,11,14)(H,13,15)(H,16,17)/t6-,7-/m0/s1. The van der Waals surface area contributed by atoms with Crippen LogP contribution in [0.4, 0.5) is 0 Å². The van der Waals surface area contributed by atoms with E-state index >= 15 is 0 Å². The van der Waals surface area contributed by atoms with Crippen molar-refractivity contribution in [3.8, 4) is 0 Å². The molecule has 1 heterocycles. The molecule has 0 bridgehead atoms. The number of carboxylic acid groups (broad SMARTS) is 1. The fourth-order valence-corrected chi connectivity index (χ4v) is 1.72. The zero-order valence-corrected chi connectivity index (χ0v) is 9.44. The van der Waals surface area contributed by atoms with Gasteiger partial charge in [-0.15, -0.1) is 0 Å². The van der Waals surface area contributed by atoms with Crippen molar-refractivity contribution < 1.29 is 19.5 Å². The number of hydrogen-bond acceptors (Lipinski definition) is 4. The topological polar surface area (TPSA) is 122 Å². The lowest BCUT2D eigenvalue weighted by Gasteiger charge is -2.16. The lowest BCUT2D eigenvalue weighted by Crippen LogP contribution is -2.48. The largest absolute Gasteiger partial charge is 0.480 e. The van der Waals surface area contributed by atoms with Crippen LogP contribution in [0.5, 0.6) is 0 Å². The molecular weight excluding hydrogens is 226 g/mol. The van der Waals surface area contributed by atoms with Crippen LogP contribution >= 0.6 is 0 Å². The highest BCUT2D eigenvalue weighted by Crippen LogP contribution is 2.06. The molecule has 7 nitrogen and oxygen atoms in total. The molecule has 1 aliphatic heterocycles. The van der Waals surface area contributed by atoms with Gasteiger partial charge in [-0.25, -0.2) is 4.79 Å². The molecule has 2 atom stereocenters. The molecular formula is C10H17N3O4. The van der Waals surface area contributed by atoms with Crippen molar-refractivity contribution in [3.63, 3.8) is 0 Å². The number of nitrogens with two attached hydrogens (primary N) is 1. The highest BCUT2D eigenvalue weighted by Gasteiger charge is 2.27. The van der Waals surface area contributed by atoms with Crippen molar-refractivity contribution in [2.75, 3.05) is 6.54 Å². The Morgan fingerprint density at radius 2 is 2.18 bits per heavy atom. The zero-order chi connectivity index (χ0) is 12.8. The minimum absolute atomic E-state index is 0.0170. The Balaban J connectivity index is 2.44. The van der Waals surface area contributed by atoms with Crippen LogP contribution in [-0.2, 0) is 14.4 Å². The maximum atomic E-state index is 11.7. The number of aliphatic carboxylic acids is 1. The molecule has 1 saturated heterocycles. The van der Waals surface area contributed by atoms with Crippen LogP contribution < -0.4 is 16.4 Å². The van der Waals surface area contributed by atoms with E-state index in [2.05, 4.69) is 10.6 Å². The maximum Gasteiger partial charge on any atom is 0.326 e. The number of carboxylic acids is 1. The number of carbonyl (C=O) groups excluding carboxylic acids is 2. The average molecular weight is 243 g/mol. The minimum Gasteiger partial charge on any atom is -0.480 e. The van der Waals surface area contributed by atoms with Crippen LogP contribution in [0.15, 0.2) is 0 Å². The summed E-state index contributed by atoms with van der Waals surface area (Å²) in [5.74, 6) is -2.07. The first-order valence-corrected chi connectivity index (χ1v) is 5.55. The summed E-state index contributed by atoms with van der Waals surface area (Å²) in [5.41, 5.74) is 4.94. The summed E-state index contributed by atoms with van der Waals surface area (Å²) in [6.45, 7) is 0.761. The molecule has 17 heavy (non-hydrogen) atoms. The van der Waals surface area contributed by atoms with Crippen molar-refractivity contribution in [2.24, 2.45) is 5.73 Å². The number of primary amides is 1. The molecule has 0 spiro atoms. The van der Waals surface area contributed by atoms with Crippen LogP contribution in [0.25, 0.3) is 0 Å². The summed E-state index contributed by atoms with van der Waals surface area (Å²) in [5, 5.41) is 14.3. The number of rotatable bonds is 6. The number of nitrogens with one attached hydrogen (secondary N) is 2. The van der Waals surface area contributed by atoms with Gasteiger partial charge in [-0.2, -0.15) is 0 Å². The van der Waals surface area contributed by atoms with Crippen molar-refractivity contribution >= 4 is 17.8 Å². The van der Waals surface area contributed by atoms with Gasteiger partial charge in [0.05, 0.1) is 6.04 Å². The maximum absolute atomic E-state index is 11.7. The lowest BCUT2D eigenvalue weighted by atomic mass is 10.1. The van der Waals surface area contributed by atoms with E-state index in [4.69, 9.17) is 10.8 Å². The number of carbonyl (C=O) groups is 3. The molecule has 1 rings (SSSR count). The minimum atomic E-state index is -1.16. The summed E-state index contributed by atoms with van der Waals surface area (Å²) in [7, 11) is 0. The summed E-state index contributed by atoms with van der Waals surface area (Å²) in [6, 6.07) is -1.39. The molecule has 1 aliphatic rings. The van der Waals surface area contributed by atoms with Gasteiger partial charge in [-0.05, 0) is 25.8 Å². The van der Waals surface area contributed by atoms with Gasteiger partial charge in [0, 0.05) is 6.42 Å². The van der Waals surface area contributed by atoms with Crippen molar-refractivity contribution in [1.82, 2.24) is 10.6 Å². The molecule has 0 aromatic rings. The lowest BCUT2D eigenvalue weighted by molar-refractivity contribution is -0.142. The molecule has 0 aromatic carbocycles. The highest BCUT2D eigenvalue weighted by atomic mass is 16.4. The van der Waals surface area contributed by atoms with Gasteiger partial charge in [0.15, 0.2) is 0 Å². The van der Waals surface area contributed by atoms with Gasteiger partial charge in [0.1, 0.15) is 6.04 Å². The van der Waals surface area contributed by atoms with E-state index in [1.54, 1.807) is 0 Å². The van der Waals surface area contributed by atoms with E-state index in [1.165, 1.54) is 0 Å². The van der Waals surface area contributed by atoms with Gasteiger partial charge < -0.3 is 21.5 Å². The van der Waals surface area contributed by atoms with Gasteiger partial charge in [-0.3, -0.25) is 9.59 Å².